The number of nitrogens with zero attached hydrogens (tertiary/aromatic N) is 2. The molecule has 36 heavy (non-hydrogen) atoms. The Morgan fingerprint density at radius 1 is 1.14 bits per heavy atom. The second kappa shape index (κ2) is 10.3. The number of rotatable bonds is 10. The summed E-state index contributed by atoms with van der Waals surface area (Å²) in [6.07, 6.45) is 2.79. The molecular weight excluding hydrogens is 462 g/mol. The van der Waals surface area contributed by atoms with Crippen LogP contribution in [-0.2, 0) is 16.1 Å². The molecule has 0 fully saturated rings. The molecule has 10 heteroatoms. The first-order valence-corrected chi connectivity index (χ1v) is 11.9. The molecule has 0 aliphatic carbocycles. The maximum Gasteiger partial charge on any atom is 0.307 e. The summed E-state index contributed by atoms with van der Waals surface area (Å²) in [5.41, 5.74) is 6.87. The van der Waals surface area contributed by atoms with Crippen molar-refractivity contribution >= 4 is 34.5 Å². The largest absolute Gasteiger partial charge is 0.481 e. The van der Waals surface area contributed by atoms with E-state index in [1.54, 1.807) is 31.5 Å². The number of imidazole rings is 1. The second-order valence-electron chi connectivity index (χ2n) is 9.09. The van der Waals surface area contributed by atoms with E-state index in [0.717, 1.165) is 15.7 Å². The van der Waals surface area contributed by atoms with Crippen LogP contribution in [0.15, 0.2) is 48.8 Å². The Hall–Kier alpha value is -4.05. The Kier molecular flexibility index (Phi) is 7.16. The lowest BCUT2D eigenvalue weighted by Crippen LogP contribution is -2.54. The molecule has 0 saturated heterocycles. The van der Waals surface area contributed by atoms with Crippen molar-refractivity contribution < 1.29 is 24.3 Å². The van der Waals surface area contributed by atoms with Crippen molar-refractivity contribution in [3.63, 3.8) is 0 Å². The first-order valence-electron chi connectivity index (χ1n) is 11.9. The van der Waals surface area contributed by atoms with Gasteiger partial charge < -0.3 is 21.1 Å². The van der Waals surface area contributed by atoms with Gasteiger partial charge in [0, 0.05) is 18.3 Å². The number of carboxylic acid groups (broad SMARTS) is 1. The number of imide groups is 1. The van der Waals surface area contributed by atoms with Gasteiger partial charge in [0.25, 0.3) is 11.8 Å². The van der Waals surface area contributed by atoms with Crippen molar-refractivity contribution in [1.29, 1.82) is 0 Å². The van der Waals surface area contributed by atoms with E-state index in [9.17, 15) is 24.3 Å². The van der Waals surface area contributed by atoms with Gasteiger partial charge in [-0.15, -0.1) is 0 Å². The first kappa shape index (κ1) is 25.1. The van der Waals surface area contributed by atoms with Crippen LogP contribution in [0.3, 0.4) is 0 Å². The topological polar surface area (TPSA) is 158 Å². The molecule has 1 aliphatic heterocycles. The summed E-state index contributed by atoms with van der Waals surface area (Å²) in [5.74, 6) is -5.31. The van der Waals surface area contributed by atoms with E-state index in [2.05, 4.69) is 15.3 Å². The van der Waals surface area contributed by atoms with Gasteiger partial charge in [0.15, 0.2) is 0 Å². The zero-order valence-electron chi connectivity index (χ0n) is 20.1. The molecule has 3 amide bonds. The summed E-state index contributed by atoms with van der Waals surface area (Å²) in [7, 11) is 0. The molecule has 4 rings (SSSR count). The molecule has 10 nitrogen and oxygen atoms in total. The lowest BCUT2D eigenvalue weighted by atomic mass is 9.77. The van der Waals surface area contributed by atoms with Crippen LogP contribution in [0.25, 0.3) is 10.8 Å². The van der Waals surface area contributed by atoms with E-state index in [1.807, 2.05) is 31.2 Å². The summed E-state index contributed by atoms with van der Waals surface area (Å²) >= 11 is 0. The molecular formula is C26H29N5O5. The summed E-state index contributed by atoms with van der Waals surface area (Å²) in [6.45, 7) is 3.53. The smallest absolute Gasteiger partial charge is 0.307 e. The zero-order valence-corrected chi connectivity index (χ0v) is 20.1. The van der Waals surface area contributed by atoms with Gasteiger partial charge in [-0.05, 0) is 29.3 Å². The minimum Gasteiger partial charge on any atom is -0.481 e. The fourth-order valence-electron chi connectivity index (χ4n) is 4.91. The maximum atomic E-state index is 13.2. The summed E-state index contributed by atoms with van der Waals surface area (Å²) in [4.78, 5) is 59.8. The van der Waals surface area contributed by atoms with E-state index in [-0.39, 0.29) is 17.7 Å². The van der Waals surface area contributed by atoms with Gasteiger partial charge in [-0.1, -0.05) is 44.5 Å². The van der Waals surface area contributed by atoms with Crippen molar-refractivity contribution in [2.45, 2.75) is 39.4 Å². The van der Waals surface area contributed by atoms with Crippen LogP contribution in [0.1, 0.15) is 53.2 Å². The summed E-state index contributed by atoms with van der Waals surface area (Å²) in [6, 6.07) is 10.7. The van der Waals surface area contributed by atoms with Crippen molar-refractivity contribution in [3.8, 4) is 0 Å². The Morgan fingerprint density at radius 2 is 1.75 bits per heavy atom. The quantitative estimate of drug-likeness (QED) is 0.317. The first-order chi connectivity index (χ1) is 17.2. The standard InChI is InChI=1S/C26H29N5O5/c1-3-6-17(23(32)30-13-20-28-9-10-29-20)21(26(35)36)14(2)22(27)31-24(33)18-11-15-7-4-5-8-16(15)12-19(18)25(31)34/h4-5,7-12,14,17,21-22H,3,6,13,27H2,1-2H3,(H,28,29)(H,30,32)(H,35,36)/t14?,17-,21+,22?/m0/s1. The molecule has 1 aromatic heterocycles. The van der Waals surface area contributed by atoms with Crippen LogP contribution in [0, 0.1) is 17.8 Å². The Morgan fingerprint density at radius 3 is 2.25 bits per heavy atom. The molecule has 0 bridgehead atoms. The Bertz CT molecular complexity index is 1250. The van der Waals surface area contributed by atoms with Crippen LogP contribution >= 0.6 is 0 Å². The lowest BCUT2D eigenvalue weighted by molar-refractivity contribution is -0.151. The van der Waals surface area contributed by atoms with Gasteiger partial charge in [-0.2, -0.15) is 0 Å². The normalized spacial score (nSPS) is 16.5. The second-order valence-corrected chi connectivity index (χ2v) is 9.09. The number of benzene rings is 2. The maximum absolute atomic E-state index is 13.2. The predicted molar refractivity (Wildman–Crippen MR) is 132 cm³/mol. The average molecular weight is 492 g/mol. The average Bonchev–Trinajstić information content (AvgIpc) is 3.47. The number of aliphatic carboxylic acids is 1. The molecule has 4 atom stereocenters. The van der Waals surface area contributed by atoms with Gasteiger partial charge in [0.1, 0.15) is 5.82 Å². The highest BCUT2D eigenvalue weighted by molar-refractivity contribution is 6.23. The van der Waals surface area contributed by atoms with Crippen LogP contribution in [0.5, 0.6) is 0 Å². The van der Waals surface area contributed by atoms with E-state index in [4.69, 9.17) is 5.73 Å². The van der Waals surface area contributed by atoms with Gasteiger partial charge in [0.05, 0.1) is 35.7 Å². The molecule has 2 aromatic carbocycles. The van der Waals surface area contributed by atoms with Crippen LogP contribution in [0.4, 0.5) is 0 Å². The van der Waals surface area contributed by atoms with Crippen LogP contribution in [0.2, 0.25) is 0 Å². The molecule has 1 aliphatic rings. The SMILES string of the molecule is CCC[C@H](C(=O)NCc1ncc[nH]1)[C@H](C(=O)O)C(C)C(N)N1C(=O)c2cc3ccccc3cc2C1=O. The number of carboxylic acids is 1. The minimum atomic E-state index is -1.24. The fourth-order valence-corrected chi connectivity index (χ4v) is 4.91. The molecule has 2 unspecified atom stereocenters. The molecule has 2 heterocycles. The van der Waals surface area contributed by atoms with Gasteiger partial charge in [0.2, 0.25) is 5.91 Å². The van der Waals surface area contributed by atoms with E-state index in [0.29, 0.717) is 18.7 Å². The lowest BCUT2D eigenvalue weighted by Gasteiger charge is -2.34. The number of hydrogen-bond donors (Lipinski definition) is 4. The minimum absolute atomic E-state index is 0.116. The van der Waals surface area contributed by atoms with E-state index >= 15 is 0 Å². The van der Waals surface area contributed by atoms with Gasteiger partial charge >= 0.3 is 5.97 Å². The van der Waals surface area contributed by atoms with Crippen LogP contribution < -0.4 is 11.1 Å². The molecule has 0 saturated carbocycles. The third-order valence-electron chi connectivity index (χ3n) is 6.83. The molecule has 3 aromatic rings. The number of aromatic nitrogens is 2. The number of aromatic amines is 1. The highest BCUT2D eigenvalue weighted by Crippen LogP contribution is 2.34. The third-order valence-corrected chi connectivity index (χ3v) is 6.83. The summed E-state index contributed by atoms with van der Waals surface area (Å²) < 4.78 is 0. The Balaban J connectivity index is 1.59. The fraction of sp³-hybridized carbons (Fsp3) is 0.346. The number of nitrogens with one attached hydrogen (secondary N) is 2. The van der Waals surface area contributed by atoms with E-state index in [1.165, 1.54) is 0 Å². The van der Waals surface area contributed by atoms with Crippen molar-refractivity contribution in [1.82, 2.24) is 20.2 Å². The van der Waals surface area contributed by atoms with Crippen molar-refractivity contribution in [3.05, 3.63) is 65.7 Å². The molecule has 188 valence electrons. The van der Waals surface area contributed by atoms with Gasteiger partial charge in [-0.25, -0.2) is 4.98 Å². The number of carbonyl (C=O) groups is 4. The predicted octanol–water partition coefficient (Wildman–Crippen LogP) is 2.51. The molecule has 5 N–H and O–H groups in total. The zero-order chi connectivity index (χ0) is 26.0. The number of amides is 3. The van der Waals surface area contributed by atoms with Crippen LogP contribution in [-0.4, -0.2) is 49.8 Å². The van der Waals surface area contributed by atoms with Gasteiger partial charge in [-0.3, -0.25) is 24.1 Å². The molecule has 0 spiro atoms. The summed E-state index contributed by atoms with van der Waals surface area (Å²) in [5, 5.41) is 14.5. The van der Waals surface area contributed by atoms with Crippen molar-refractivity contribution in [2.24, 2.45) is 23.5 Å². The Labute approximate surface area is 207 Å². The monoisotopic (exact) mass is 491 g/mol. The third kappa shape index (κ3) is 4.59. The number of fused-ring (bicyclic) bond motifs is 2. The highest BCUT2D eigenvalue weighted by Gasteiger charge is 2.46. The van der Waals surface area contributed by atoms with Crippen molar-refractivity contribution in [2.75, 3.05) is 0 Å². The van der Waals surface area contributed by atoms with E-state index < -0.39 is 47.6 Å². The number of H-pyrrole nitrogens is 1. The highest BCUT2D eigenvalue weighted by atomic mass is 16.4. The number of carbonyl (C=O) groups excluding carboxylic acids is 3. The molecule has 0 radical (unpaired) electrons. The number of hydrogen-bond acceptors (Lipinski definition) is 6. The number of nitrogens with two attached hydrogens (primary N) is 1.